The number of pyridine rings is 1. The van der Waals surface area contributed by atoms with Gasteiger partial charge in [0.2, 0.25) is 5.95 Å². The predicted octanol–water partition coefficient (Wildman–Crippen LogP) is 2.09. The smallest absolute Gasteiger partial charge is 0.222 e. The number of likely N-dealkylation sites (tertiary alicyclic amines) is 1. The van der Waals surface area contributed by atoms with E-state index in [-0.39, 0.29) is 5.82 Å². The Hall–Kier alpha value is -2.08. The fraction of sp³-hybridized carbons (Fsp3) is 0.400. The summed E-state index contributed by atoms with van der Waals surface area (Å²) in [6.45, 7) is 2.46. The number of anilines is 1. The molecule has 21 heavy (non-hydrogen) atoms. The first-order valence-corrected chi connectivity index (χ1v) is 7.15. The lowest BCUT2D eigenvalue weighted by atomic mass is 10.1. The summed E-state index contributed by atoms with van der Waals surface area (Å²) in [5.74, 6) is 0.415. The zero-order valence-corrected chi connectivity index (χ0v) is 11.7. The number of aromatic nitrogens is 3. The molecule has 0 aliphatic carbocycles. The van der Waals surface area contributed by atoms with Gasteiger partial charge in [0.25, 0.3) is 0 Å². The van der Waals surface area contributed by atoms with Gasteiger partial charge in [-0.3, -0.25) is 9.88 Å². The lowest BCUT2D eigenvalue weighted by Crippen LogP contribution is -2.42. The molecule has 3 heterocycles. The third-order valence-electron chi connectivity index (χ3n) is 3.65. The molecule has 5 nitrogen and oxygen atoms in total. The highest BCUT2D eigenvalue weighted by Gasteiger charge is 2.21. The SMILES string of the molecule is Fc1cnccc1CN1CCCC(Nc2ncccn2)C1. The Morgan fingerprint density at radius 3 is 2.95 bits per heavy atom. The topological polar surface area (TPSA) is 53.9 Å². The van der Waals surface area contributed by atoms with Gasteiger partial charge in [0, 0.05) is 43.3 Å². The van der Waals surface area contributed by atoms with Gasteiger partial charge < -0.3 is 5.32 Å². The van der Waals surface area contributed by atoms with E-state index in [1.165, 1.54) is 6.20 Å². The normalized spacial score (nSPS) is 19.4. The maximum absolute atomic E-state index is 13.7. The lowest BCUT2D eigenvalue weighted by Gasteiger charge is -2.33. The number of rotatable bonds is 4. The van der Waals surface area contributed by atoms with Crippen LogP contribution in [0.4, 0.5) is 10.3 Å². The van der Waals surface area contributed by atoms with Crippen LogP contribution in [0.3, 0.4) is 0 Å². The molecular weight excluding hydrogens is 269 g/mol. The van der Waals surface area contributed by atoms with Crippen LogP contribution >= 0.6 is 0 Å². The molecule has 1 atom stereocenters. The van der Waals surface area contributed by atoms with Gasteiger partial charge in [0.15, 0.2) is 0 Å². The first-order chi connectivity index (χ1) is 10.3. The van der Waals surface area contributed by atoms with Crippen molar-refractivity contribution >= 4 is 5.95 Å². The molecule has 0 saturated carbocycles. The molecule has 3 rings (SSSR count). The average molecular weight is 287 g/mol. The van der Waals surface area contributed by atoms with Crippen molar-refractivity contribution in [1.29, 1.82) is 0 Å². The van der Waals surface area contributed by atoms with Gasteiger partial charge in [0.1, 0.15) is 5.82 Å². The van der Waals surface area contributed by atoms with E-state index in [0.717, 1.165) is 25.9 Å². The predicted molar refractivity (Wildman–Crippen MR) is 78.1 cm³/mol. The molecule has 1 unspecified atom stereocenters. The van der Waals surface area contributed by atoms with E-state index in [2.05, 4.69) is 25.2 Å². The Balaban J connectivity index is 1.60. The number of hydrogen-bond acceptors (Lipinski definition) is 5. The highest BCUT2D eigenvalue weighted by atomic mass is 19.1. The van der Waals surface area contributed by atoms with Crippen LogP contribution in [-0.2, 0) is 6.54 Å². The summed E-state index contributed by atoms with van der Waals surface area (Å²) in [6.07, 6.45) is 8.51. The van der Waals surface area contributed by atoms with Gasteiger partial charge in [-0.2, -0.15) is 0 Å². The summed E-state index contributed by atoms with van der Waals surface area (Å²) >= 11 is 0. The van der Waals surface area contributed by atoms with E-state index in [9.17, 15) is 4.39 Å². The minimum Gasteiger partial charge on any atom is -0.350 e. The number of halogens is 1. The Morgan fingerprint density at radius 1 is 1.29 bits per heavy atom. The van der Waals surface area contributed by atoms with Crippen molar-refractivity contribution in [2.24, 2.45) is 0 Å². The van der Waals surface area contributed by atoms with E-state index in [4.69, 9.17) is 0 Å². The number of piperidine rings is 1. The number of hydrogen-bond donors (Lipinski definition) is 1. The van der Waals surface area contributed by atoms with Crippen molar-refractivity contribution in [1.82, 2.24) is 19.9 Å². The van der Waals surface area contributed by atoms with Crippen LogP contribution in [0.1, 0.15) is 18.4 Å². The van der Waals surface area contributed by atoms with Crippen molar-refractivity contribution in [3.05, 3.63) is 48.3 Å². The Kier molecular flexibility index (Phi) is 4.35. The molecule has 0 radical (unpaired) electrons. The van der Waals surface area contributed by atoms with Crippen LogP contribution in [0.15, 0.2) is 36.9 Å². The monoisotopic (exact) mass is 287 g/mol. The maximum Gasteiger partial charge on any atom is 0.222 e. The van der Waals surface area contributed by atoms with Crippen LogP contribution in [0.2, 0.25) is 0 Å². The van der Waals surface area contributed by atoms with Crippen molar-refractivity contribution in [3.8, 4) is 0 Å². The van der Waals surface area contributed by atoms with Crippen LogP contribution in [0, 0.1) is 5.82 Å². The summed E-state index contributed by atoms with van der Waals surface area (Å²) < 4.78 is 13.7. The van der Waals surface area contributed by atoms with Crippen LogP contribution < -0.4 is 5.32 Å². The molecule has 0 amide bonds. The first-order valence-electron chi connectivity index (χ1n) is 7.15. The summed E-state index contributed by atoms with van der Waals surface area (Å²) in [7, 11) is 0. The summed E-state index contributed by atoms with van der Waals surface area (Å²) in [5, 5.41) is 3.34. The van der Waals surface area contributed by atoms with Crippen molar-refractivity contribution in [2.45, 2.75) is 25.4 Å². The number of nitrogens with one attached hydrogen (secondary N) is 1. The molecule has 2 aromatic heterocycles. The quantitative estimate of drug-likeness (QED) is 0.933. The Bertz CT molecular complexity index is 577. The highest BCUT2D eigenvalue weighted by molar-refractivity contribution is 5.24. The van der Waals surface area contributed by atoms with Gasteiger partial charge in [0.05, 0.1) is 6.20 Å². The minimum atomic E-state index is -0.237. The molecule has 110 valence electrons. The molecular formula is C15H18FN5. The van der Waals surface area contributed by atoms with E-state index >= 15 is 0 Å². The molecule has 2 aromatic rings. The first kappa shape index (κ1) is 13.9. The zero-order valence-electron chi connectivity index (χ0n) is 11.7. The molecule has 1 aliphatic rings. The molecule has 1 fully saturated rings. The molecule has 1 aliphatic heterocycles. The fourth-order valence-corrected chi connectivity index (χ4v) is 2.65. The van der Waals surface area contributed by atoms with Crippen molar-refractivity contribution in [2.75, 3.05) is 18.4 Å². The van der Waals surface area contributed by atoms with Gasteiger partial charge in [-0.25, -0.2) is 14.4 Å². The summed E-state index contributed by atoms with van der Waals surface area (Å²) in [4.78, 5) is 14.4. The van der Waals surface area contributed by atoms with Crippen molar-refractivity contribution in [3.63, 3.8) is 0 Å². The molecule has 6 heteroatoms. The number of nitrogens with zero attached hydrogens (tertiary/aromatic N) is 4. The third-order valence-corrected chi connectivity index (χ3v) is 3.65. The Morgan fingerprint density at radius 2 is 2.14 bits per heavy atom. The summed E-state index contributed by atoms with van der Waals surface area (Å²) in [6, 6.07) is 3.84. The summed E-state index contributed by atoms with van der Waals surface area (Å²) in [5.41, 5.74) is 0.696. The zero-order chi connectivity index (χ0) is 14.5. The second kappa shape index (κ2) is 6.58. The lowest BCUT2D eigenvalue weighted by molar-refractivity contribution is 0.206. The third kappa shape index (κ3) is 3.72. The second-order valence-corrected chi connectivity index (χ2v) is 5.26. The fourth-order valence-electron chi connectivity index (χ4n) is 2.65. The highest BCUT2D eigenvalue weighted by Crippen LogP contribution is 2.17. The standard InChI is InChI=1S/C15H18FN5/c16-14-9-17-7-4-12(14)10-21-8-1-3-13(11-21)20-15-18-5-2-6-19-15/h2,4-7,9,13H,1,3,8,10-11H2,(H,18,19,20). The van der Waals surface area contributed by atoms with Gasteiger partial charge >= 0.3 is 0 Å². The van der Waals surface area contributed by atoms with Crippen LogP contribution in [0.25, 0.3) is 0 Å². The van der Waals surface area contributed by atoms with E-state index in [1.807, 2.05) is 0 Å². The van der Waals surface area contributed by atoms with E-state index in [0.29, 0.717) is 24.1 Å². The minimum absolute atomic E-state index is 0.237. The molecule has 0 spiro atoms. The van der Waals surface area contributed by atoms with E-state index < -0.39 is 0 Å². The van der Waals surface area contributed by atoms with Crippen LogP contribution in [0.5, 0.6) is 0 Å². The average Bonchev–Trinajstić information content (AvgIpc) is 2.51. The van der Waals surface area contributed by atoms with Crippen molar-refractivity contribution < 1.29 is 4.39 Å². The maximum atomic E-state index is 13.7. The van der Waals surface area contributed by atoms with Gasteiger partial charge in [-0.05, 0) is 31.5 Å². The van der Waals surface area contributed by atoms with Gasteiger partial charge in [-0.15, -0.1) is 0 Å². The largest absolute Gasteiger partial charge is 0.350 e. The second-order valence-electron chi connectivity index (χ2n) is 5.26. The molecule has 1 saturated heterocycles. The molecule has 0 bridgehead atoms. The van der Waals surface area contributed by atoms with Crippen LogP contribution in [-0.4, -0.2) is 39.0 Å². The Labute approximate surface area is 123 Å². The van der Waals surface area contributed by atoms with Gasteiger partial charge in [-0.1, -0.05) is 0 Å². The molecule has 1 N–H and O–H groups in total. The molecule has 0 aromatic carbocycles. The van der Waals surface area contributed by atoms with E-state index in [1.54, 1.807) is 30.7 Å².